The number of aromatic nitrogens is 2. The predicted molar refractivity (Wildman–Crippen MR) is 52.2 cm³/mol. The molecule has 13 heavy (non-hydrogen) atoms. The summed E-state index contributed by atoms with van der Waals surface area (Å²) in [6.07, 6.45) is 3.44. The van der Waals surface area contributed by atoms with Crippen LogP contribution in [0.4, 0.5) is 0 Å². The van der Waals surface area contributed by atoms with E-state index in [0.29, 0.717) is 0 Å². The normalized spacial score (nSPS) is 9.31. The van der Waals surface area contributed by atoms with Crippen LogP contribution in [-0.4, -0.2) is 22.3 Å². The first-order valence-corrected chi connectivity index (χ1v) is 4.25. The molecule has 0 spiro atoms. The summed E-state index contributed by atoms with van der Waals surface area (Å²) in [5.41, 5.74) is 6.13. The molecule has 0 atom stereocenters. The van der Waals surface area contributed by atoms with Gasteiger partial charge in [-0.25, -0.2) is 4.98 Å². The standard InChI is InChI=1S/C5H11NO.C4H6N2/c1-4(2)5(7)3-6;1-4-2-5-3-6-4/h4H,3,6H2,1-2H3;2-3H,1H3,(H,5,6). The molecule has 0 bridgehead atoms. The average molecular weight is 183 g/mol. The SMILES string of the molecule is CC(C)C(=O)CN.Cc1cnc[nH]1. The lowest BCUT2D eigenvalue weighted by Gasteiger charge is -1.96. The van der Waals surface area contributed by atoms with Crippen LogP contribution in [0.25, 0.3) is 0 Å². The maximum Gasteiger partial charge on any atom is 0.148 e. The van der Waals surface area contributed by atoms with E-state index >= 15 is 0 Å². The number of nitrogens with two attached hydrogens (primary N) is 1. The number of nitrogens with zero attached hydrogens (tertiary/aromatic N) is 1. The summed E-state index contributed by atoms with van der Waals surface area (Å²) in [7, 11) is 0. The molecule has 0 radical (unpaired) electrons. The number of Topliss-reactive ketones (excluding diaryl/α,β-unsaturated/α-hetero) is 1. The number of rotatable bonds is 2. The lowest BCUT2D eigenvalue weighted by molar-refractivity contribution is -0.120. The van der Waals surface area contributed by atoms with Gasteiger partial charge >= 0.3 is 0 Å². The number of hydrogen-bond acceptors (Lipinski definition) is 3. The Balaban J connectivity index is 0.000000223. The summed E-state index contributed by atoms with van der Waals surface area (Å²) in [6, 6.07) is 0. The van der Waals surface area contributed by atoms with E-state index in [9.17, 15) is 4.79 Å². The van der Waals surface area contributed by atoms with Gasteiger partial charge in [0.25, 0.3) is 0 Å². The summed E-state index contributed by atoms with van der Waals surface area (Å²) < 4.78 is 0. The van der Waals surface area contributed by atoms with Gasteiger partial charge in [-0.05, 0) is 6.92 Å². The molecule has 0 aliphatic heterocycles. The topological polar surface area (TPSA) is 71.8 Å². The predicted octanol–water partition coefficient (Wildman–Crippen LogP) is 0.888. The molecule has 0 aliphatic rings. The van der Waals surface area contributed by atoms with Crippen molar-refractivity contribution in [3.63, 3.8) is 0 Å². The molecule has 3 N–H and O–H groups in total. The van der Waals surface area contributed by atoms with Crippen LogP contribution in [-0.2, 0) is 4.79 Å². The van der Waals surface area contributed by atoms with Crippen LogP contribution in [0.3, 0.4) is 0 Å². The highest BCUT2D eigenvalue weighted by atomic mass is 16.1. The van der Waals surface area contributed by atoms with Crippen molar-refractivity contribution in [1.82, 2.24) is 9.97 Å². The van der Waals surface area contributed by atoms with Crippen molar-refractivity contribution in [2.24, 2.45) is 11.7 Å². The average Bonchev–Trinajstić information content (AvgIpc) is 2.55. The Hall–Kier alpha value is -1.16. The van der Waals surface area contributed by atoms with Crippen LogP contribution in [0.5, 0.6) is 0 Å². The zero-order valence-electron chi connectivity index (χ0n) is 8.37. The maximum absolute atomic E-state index is 10.4. The third-order valence-corrected chi connectivity index (χ3v) is 1.48. The zero-order chi connectivity index (χ0) is 10.3. The number of aromatic amines is 1. The van der Waals surface area contributed by atoms with E-state index in [1.165, 1.54) is 0 Å². The number of carbonyl (C=O) groups excluding carboxylic acids is 1. The molecule has 1 aromatic heterocycles. The quantitative estimate of drug-likeness (QED) is 0.715. The van der Waals surface area contributed by atoms with E-state index in [-0.39, 0.29) is 18.2 Å². The van der Waals surface area contributed by atoms with Gasteiger partial charge < -0.3 is 10.7 Å². The zero-order valence-corrected chi connectivity index (χ0v) is 8.37. The molecule has 0 saturated heterocycles. The van der Waals surface area contributed by atoms with Crippen molar-refractivity contribution in [1.29, 1.82) is 0 Å². The Morgan fingerprint density at radius 3 is 2.38 bits per heavy atom. The summed E-state index contributed by atoms with van der Waals surface area (Å²) in [5.74, 6) is 0.227. The molecule has 0 aromatic carbocycles. The number of hydrogen-bond donors (Lipinski definition) is 2. The Labute approximate surface area is 78.6 Å². The van der Waals surface area contributed by atoms with E-state index in [1.807, 2.05) is 20.8 Å². The van der Waals surface area contributed by atoms with Crippen molar-refractivity contribution in [3.05, 3.63) is 18.2 Å². The minimum absolute atomic E-state index is 0.102. The highest BCUT2D eigenvalue weighted by Gasteiger charge is 2.01. The second kappa shape index (κ2) is 6.37. The lowest BCUT2D eigenvalue weighted by atomic mass is 10.1. The van der Waals surface area contributed by atoms with Gasteiger partial charge in [0.15, 0.2) is 0 Å². The van der Waals surface area contributed by atoms with Crippen LogP contribution in [0, 0.1) is 12.8 Å². The first kappa shape index (κ1) is 11.8. The van der Waals surface area contributed by atoms with Crippen molar-refractivity contribution in [3.8, 4) is 0 Å². The van der Waals surface area contributed by atoms with Gasteiger partial charge in [-0.3, -0.25) is 4.79 Å². The fourth-order valence-electron chi connectivity index (χ4n) is 0.561. The summed E-state index contributed by atoms with van der Waals surface area (Å²) >= 11 is 0. The van der Waals surface area contributed by atoms with E-state index in [4.69, 9.17) is 5.73 Å². The van der Waals surface area contributed by atoms with Gasteiger partial charge in [0.2, 0.25) is 0 Å². The van der Waals surface area contributed by atoms with Gasteiger partial charge in [0, 0.05) is 17.8 Å². The van der Waals surface area contributed by atoms with Crippen molar-refractivity contribution in [2.45, 2.75) is 20.8 Å². The molecule has 4 nitrogen and oxygen atoms in total. The number of H-pyrrole nitrogens is 1. The molecule has 1 aromatic rings. The first-order valence-electron chi connectivity index (χ1n) is 4.25. The molecule has 74 valence electrons. The second-order valence-corrected chi connectivity index (χ2v) is 3.06. The van der Waals surface area contributed by atoms with Crippen molar-refractivity contribution >= 4 is 5.78 Å². The van der Waals surface area contributed by atoms with Crippen LogP contribution in [0.2, 0.25) is 0 Å². The molecular weight excluding hydrogens is 166 g/mol. The molecule has 0 saturated carbocycles. The first-order chi connectivity index (χ1) is 6.07. The van der Waals surface area contributed by atoms with Gasteiger partial charge in [-0.15, -0.1) is 0 Å². The molecule has 0 fully saturated rings. The fourth-order valence-corrected chi connectivity index (χ4v) is 0.561. The molecule has 0 aliphatic carbocycles. The number of imidazole rings is 1. The number of ketones is 1. The highest BCUT2D eigenvalue weighted by molar-refractivity contribution is 5.81. The number of nitrogens with one attached hydrogen (secondary N) is 1. The molecule has 4 heteroatoms. The Bertz CT molecular complexity index is 229. The Morgan fingerprint density at radius 2 is 2.31 bits per heavy atom. The van der Waals surface area contributed by atoms with Crippen LogP contribution < -0.4 is 5.73 Å². The monoisotopic (exact) mass is 183 g/mol. The summed E-state index contributed by atoms with van der Waals surface area (Å²) in [6.45, 7) is 5.83. The van der Waals surface area contributed by atoms with Crippen molar-refractivity contribution in [2.75, 3.05) is 6.54 Å². The Morgan fingerprint density at radius 1 is 1.69 bits per heavy atom. The molecular formula is C9H17N3O. The molecule has 1 heterocycles. The maximum atomic E-state index is 10.4. The summed E-state index contributed by atoms with van der Waals surface area (Å²) in [4.78, 5) is 17.0. The van der Waals surface area contributed by atoms with E-state index < -0.39 is 0 Å². The third-order valence-electron chi connectivity index (χ3n) is 1.48. The smallest absolute Gasteiger partial charge is 0.148 e. The van der Waals surface area contributed by atoms with Crippen LogP contribution in [0.1, 0.15) is 19.5 Å². The fraction of sp³-hybridized carbons (Fsp3) is 0.556. The van der Waals surface area contributed by atoms with Gasteiger partial charge in [0.05, 0.1) is 12.9 Å². The van der Waals surface area contributed by atoms with Crippen LogP contribution >= 0.6 is 0 Å². The molecule has 0 unspecified atom stereocenters. The Kier molecular flexibility index (Phi) is 5.80. The number of carbonyl (C=O) groups is 1. The largest absolute Gasteiger partial charge is 0.349 e. The van der Waals surface area contributed by atoms with Gasteiger partial charge in [0.1, 0.15) is 5.78 Å². The summed E-state index contributed by atoms with van der Waals surface area (Å²) in [5, 5.41) is 0. The van der Waals surface area contributed by atoms with Gasteiger partial charge in [-0.1, -0.05) is 13.8 Å². The third kappa shape index (κ3) is 6.04. The highest BCUT2D eigenvalue weighted by Crippen LogP contribution is 1.89. The van der Waals surface area contributed by atoms with E-state index in [0.717, 1.165) is 5.69 Å². The van der Waals surface area contributed by atoms with Crippen molar-refractivity contribution < 1.29 is 4.79 Å². The minimum atomic E-state index is 0.102. The molecule has 1 rings (SSSR count). The lowest BCUT2D eigenvalue weighted by Crippen LogP contribution is -2.18. The minimum Gasteiger partial charge on any atom is -0.349 e. The van der Waals surface area contributed by atoms with E-state index in [2.05, 4.69) is 9.97 Å². The molecule has 0 amide bonds. The second-order valence-electron chi connectivity index (χ2n) is 3.06. The van der Waals surface area contributed by atoms with E-state index in [1.54, 1.807) is 12.5 Å². The number of aryl methyl sites for hydroxylation is 1. The van der Waals surface area contributed by atoms with Gasteiger partial charge in [-0.2, -0.15) is 0 Å². The van der Waals surface area contributed by atoms with Crippen LogP contribution in [0.15, 0.2) is 12.5 Å².